The summed E-state index contributed by atoms with van der Waals surface area (Å²) < 4.78 is 0. The summed E-state index contributed by atoms with van der Waals surface area (Å²) in [5.41, 5.74) is 0.0443. The van der Waals surface area contributed by atoms with Gasteiger partial charge in [-0.3, -0.25) is 9.69 Å². The van der Waals surface area contributed by atoms with E-state index in [0.29, 0.717) is 18.3 Å². The predicted molar refractivity (Wildman–Crippen MR) is 60.8 cm³/mol. The molecule has 0 amide bonds. The maximum atomic E-state index is 10.8. The Morgan fingerprint density at radius 2 is 2.13 bits per heavy atom. The van der Waals surface area contributed by atoms with Crippen molar-refractivity contribution in [3.8, 4) is 0 Å². The highest BCUT2D eigenvalue weighted by atomic mass is 16.4. The molecular weight excluding hydrogens is 190 g/mol. The molecule has 1 unspecified atom stereocenters. The maximum absolute atomic E-state index is 10.8. The summed E-state index contributed by atoms with van der Waals surface area (Å²) in [6.07, 6.45) is 1.33. The Balaban J connectivity index is 2.62. The molecule has 1 aliphatic heterocycles. The minimum Gasteiger partial charge on any atom is -0.481 e. The number of likely N-dealkylation sites (tertiary alicyclic amines) is 1. The van der Waals surface area contributed by atoms with Crippen molar-refractivity contribution in [2.24, 2.45) is 11.8 Å². The molecule has 3 heteroatoms. The number of carboxylic acid groups (broad SMARTS) is 1. The van der Waals surface area contributed by atoms with E-state index in [1.807, 2.05) is 0 Å². The molecule has 88 valence electrons. The average Bonchev–Trinajstić information content (AvgIpc) is 2.30. The lowest BCUT2D eigenvalue weighted by molar-refractivity contribution is -0.138. The fraction of sp³-hybridized carbons (Fsp3) is 0.917. The van der Waals surface area contributed by atoms with Crippen LogP contribution in [0.15, 0.2) is 0 Å². The van der Waals surface area contributed by atoms with E-state index in [1.54, 1.807) is 0 Å². The van der Waals surface area contributed by atoms with E-state index in [-0.39, 0.29) is 5.54 Å². The second kappa shape index (κ2) is 4.52. The van der Waals surface area contributed by atoms with Crippen molar-refractivity contribution < 1.29 is 9.90 Å². The van der Waals surface area contributed by atoms with E-state index in [4.69, 9.17) is 5.11 Å². The highest BCUT2D eigenvalue weighted by Crippen LogP contribution is 2.36. The maximum Gasteiger partial charge on any atom is 0.303 e. The molecule has 1 rings (SSSR count). The van der Waals surface area contributed by atoms with Gasteiger partial charge >= 0.3 is 5.97 Å². The Hall–Kier alpha value is -0.570. The molecule has 1 fully saturated rings. The fourth-order valence-corrected chi connectivity index (χ4v) is 2.54. The van der Waals surface area contributed by atoms with E-state index < -0.39 is 5.97 Å². The summed E-state index contributed by atoms with van der Waals surface area (Å²) >= 11 is 0. The second-order valence-corrected chi connectivity index (χ2v) is 5.58. The number of hydrogen-bond donors (Lipinski definition) is 1. The van der Waals surface area contributed by atoms with Crippen LogP contribution >= 0.6 is 0 Å². The normalized spacial score (nSPS) is 26.1. The molecule has 0 aromatic rings. The first-order valence-electron chi connectivity index (χ1n) is 5.81. The minimum absolute atomic E-state index is 0.0443. The quantitative estimate of drug-likeness (QED) is 0.778. The first-order chi connectivity index (χ1) is 6.84. The molecular formula is C12H23NO2. The summed E-state index contributed by atoms with van der Waals surface area (Å²) in [4.78, 5) is 13.2. The van der Waals surface area contributed by atoms with Crippen molar-refractivity contribution in [2.45, 2.75) is 46.1 Å². The molecule has 1 atom stereocenters. The lowest BCUT2D eigenvalue weighted by Crippen LogP contribution is -2.44. The van der Waals surface area contributed by atoms with Crippen LogP contribution in [-0.4, -0.2) is 34.6 Å². The first-order valence-corrected chi connectivity index (χ1v) is 5.81. The van der Waals surface area contributed by atoms with Gasteiger partial charge in [0.25, 0.3) is 0 Å². The summed E-state index contributed by atoms with van der Waals surface area (Å²) in [7, 11) is 0. The van der Waals surface area contributed by atoms with Crippen molar-refractivity contribution in [1.82, 2.24) is 4.90 Å². The Morgan fingerprint density at radius 1 is 1.53 bits per heavy atom. The van der Waals surface area contributed by atoms with Gasteiger partial charge in [-0.25, -0.2) is 0 Å². The standard InChI is InChI=1S/C12H23NO2/c1-9(2)8-13-6-5-10(7-11(14)15)12(13,3)4/h9-10H,5-8H2,1-4H3,(H,14,15). The molecule has 1 heterocycles. The summed E-state index contributed by atoms with van der Waals surface area (Å²) in [5, 5.41) is 8.86. The van der Waals surface area contributed by atoms with Gasteiger partial charge in [-0.05, 0) is 38.6 Å². The van der Waals surface area contributed by atoms with Crippen LogP contribution in [-0.2, 0) is 4.79 Å². The van der Waals surface area contributed by atoms with Gasteiger partial charge in [-0.2, -0.15) is 0 Å². The van der Waals surface area contributed by atoms with Gasteiger partial charge in [-0.15, -0.1) is 0 Å². The first kappa shape index (κ1) is 12.5. The van der Waals surface area contributed by atoms with E-state index >= 15 is 0 Å². The molecule has 0 saturated carbocycles. The van der Waals surface area contributed by atoms with Crippen molar-refractivity contribution in [3.05, 3.63) is 0 Å². The molecule has 0 bridgehead atoms. The third-order valence-electron chi connectivity index (χ3n) is 3.57. The third kappa shape index (κ3) is 2.94. The molecule has 3 nitrogen and oxygen atoms in total. The number of carboxylic acids is 1. The smallest absolute Gasteiger partial charge is 0.303 e. The molecule has 0 radical (unpaired) electrons. The number of rotatable bonds is 4. The molecule has 1 N–H and O–H groups in total. The van der Waals surface area contributed by atoms with E-state index in [2.05, 4.69) is 32.6 Å². The van der Waals surface area contributed by atoms with Crippen LogP contribution in [0.25, 0.3) is 0 Å². The average molecular weight is 213 g/mol. The van der Waals surface area contributed by atoms with Crippen molar-refractivity contribution in [1.29, 1.82) is 0 Å². The van der Waals surface area contributed by atoms with Crippen LogP contribution in [0.4, 0.5) is 0 Å². The van der Waals surface area contributed by atoms with Crippen LogP contribution in [0, 0.1) is 11.8 Å². The Bertz CT molecular complexity index is 236. The van der Waals surface area contributed by atoms with Crippen LogP contribution in [0.2, 0.25) is 0 Å². The number of hydrogen-bond acceptors (Lipinski definition) is 2. The van der Waals surface area contributed by atoms with Crippen molar-refractivity contribution >= 4 is 5.97 Å². The Kier molecular flexibility index (Phi) is 3.77. The summed E-state index contributed by atoms with van der Waals surface area (Å²) in [6, 6.07) is 0. The largest absolute Gasteiger partial charge is 0.481 e. The molecule has 0 aromatic carbocycles. The number of aliphatic carboxylic acids is 1. The van der Waals surface area contributed by atoms with E-state index in [1.165, 1.54) is 0 Å². The van der Waals surface area contributed by atoms with Gasteiger partial charge in [-0.1, -0.05) is 13.8 Å². The lowest BCUT2D eigenvalue weighted by atomic mass is 9.85. The molecule has 1 aliphatic rings. The fourth-order valence-electron chi connectivity index (χ4n) is 2.54. The summed E-state index contributed by atoms with van der Waals surface area (Å²) in [5.74, 6) is 0.279. The minimum atomic E-state index is -0.667. The Labute approximate surface area is 92.5 Å². The highest BCUT2D eigenvalue weighted by Gasteiger charge is 2.41. The van der Waals surface area contributed by atoms with E-state index in [9.17, 15) is 4.79 Å². The third-order valence-corrected chi connectivity index (χ3v) is 3.57. The highest BCUT2D eigenvalue weighted by molar-refractivity contribution is 5.67. The monoisotopic (exact) mass is 213 g/mol. The summed E-state index contributed by atoms with van der Waals surface area (Å²) in [6.45, 7) is 10.9. The van der Waals surface area contributed by atoms with E-state index in [0.717, 1.165) is 19.5 Å². The van der Waals surface area contributed by atoms with Crippen LogP contribution in [0.3, 0.4) is 0 Å². The Morgan fingerprint density at radius 3 is 2.60 bits per heavy atom. The predicted octanol–water partition coefficient (Wildman–Crippen LogP) is 2.22. The van der Waals surface area contributed by atoms with Crippen LogP contribution in [0.1, 0.15) is 40.5 Å². The SMILES string of the molecule is CC(C)CN1CCC(CC(=O)O)C1(C)C. The van der Waals surface area contributed by atoms with Gasteiger partial charge in [0.2, 0.25) is 0 Å². The van der Waals surface area contributed by atoms with Gasteiger partial charge in [0, 0.05) is 18.5 Å². The van der Waals surface area contributed by atoms with Crippen LogP contribution in [0.5, 0.6) is 0 Å². The zero-order chi connectivity index (χ0) is 11.6. The van der Waals surface area contributed by atoms with Crippen LogP contribution < -0.4 is 0 Å². The van der Waals surface area contributed by atoms with Gasteiger partial charge in [0.05, 0.1) is 0 Å². The van der Waals surface area contributed by atoms with Crippen molar-refractivity contribution in [2.75, 3.05) is 13.1 Å². The van der Waals surface area contributed by atoms with Crippen molar-refractivity contribution in [3.63, 3.8) is 0 Å². The number of carbonyl (C=O) groups is 1. The lowest BCUT2D eigenvalue weighted by Gasteiger charge is -2.36. The van der Waals surface area contributed by atoms with Gasteiger partial charge in [0.1, 0.15) is 0 Å². The molecule has 1 saturated heterocycles. The van der Waals surface area contributed by atoms with Gasteiger partial charge in [0.15, 0.2) is 0 Å². The molecule has 15 heavy (non-hydrogen) atoms. The topological polar surface area (TPSA) is 40.5 Å². The second-order valence-electron chi connectivity index (χ2n) is 5.58. The zero-order valence-electron chi connectivity index (χ0n) is 10.3. The molecule has 0 aromatic heterocycles. The molecule has 0 spiro atoms. The zero-order valence-corrected chi connectivity index (χ0v) is 10.3. The van der Waals surface area contributed by atoms with Gasteiger partial charge < -0.3 is 5.11 Å². The number of nitrogens with zero attached hydrogens (tertiary/aromatic N) is 1. The molecule has 0 aliphatic carbocycles.